The Hall–Kier alpha value is -2.07. The van der Waals surface area contributed by atoms with Crippen LogP contribution >= 0.6 is 0 Å². The maximum Gasteiger partial charge on any atom is 0.458 e. The fraction of sp³-hybridized carbons (Fsp3) is 0.357. The van der Waals surface area contributed by atoms with Crippen LogP contribution in [0.3, 0.4) is 0 Å². The van der Waals surface area contributed by atoms with Crippen LogP contribution in [0.1, 0.15) is 23.6 Å². The van der Waals surface area contributed by atoms with Gasteiger partial charge in [-0.05, 0) is 36.8 Å². The van der Waals surface area contributed by atoms with Crippen LogP contribution in [-0.2, 0) is 16.6 Å². The Morgan fingerprint density at radius 2 is 1.12 bits per heavy atom. The van der Waals surface area contributed by atoms with Crippen molar-refractivity contribution in [3.63, 3.8) is 0 Å². The zero-order chi connectivity index (χ0) is 19.8. The highest BCUT2D eigenvalue weighted by molar-refractivity contribution is 5.91. The van der Waals surface area contributed by atoms with Gasteiger partial charge in [-0.1, -0.05) is 6.08 Å². The van der Waals surface area contributed by atoms with Gasteiger partial charge in [0.05, 0.1) is 0 Å². The molecular weight excluding hydrogens is 374 g/mol. The molecule has 0 spiro atoms. The summed E-state index contributed by atoms with van der Waals surface area (Å²) in [5.41, 5.74) is -5.06. The molecule has 0 bridgehead atoms. The second kappa shape index (κ2) is 6.34. The number of allylic oxidation sites excluding steroid dienone is 1. The van der Waals surface area contributed by atoms with E-state index in [4.69, 9.17) is 0 Å². The van der Waals surface area contributed by atoms with Gasteiger partial charge in [-0.15, -0.1) is 0 Å². The average molecular weight is 382 g/mol. The van der Waals surface area contributed by atoms with Crippen molar-refractivity contribution in [3.05, 3.63) is 41.0 Å². The predicted octanol–water partition coefficient (Wildman–Crippen LogP) is 5.60. The molecule has 1 nitrogen and oxygen atoms in total. The van der Waals surface area contributed by atoms with Crippen molar-refractivity contribution in [3.8, 4) is 0 Å². The minimum atomic E-state index is -6.22. The van der Waals surface area contributed by atoms with Crippen molar-refractivity contribution in [1.29, 1.82) is 0 Å². The summed E-state index contributed by atoms with van der Waals surface area (Å²) in [5.74, 6) is -12.1. The number of ketones is 1. The highest BCUT2D eigenvalue weighted by Crippen LogP contribution is 2.48. The third-order valence-electron chi connectivity index (χ3n) is 2.90. The summed E-state index contributed by atoms with van der Waals surface area (Å²) in [6.07, 6.45) is -11.3. The lowest BCUT2D eigenvalue weighted by molar-refractivity contribution is -0.292. The van der Waals surface area contributed by atoms with Crippen molar-refractivity contribution in [2.24, 2.45) is 0 Å². The van der Waals surface area contributed by atoms with E-state index in [1.165, 1.54) is 0 Å². The molecule has 0 aliphatic heterocycles. The first kappa shape index (κ1) is 21.0. The van der Waals surface area contributed by atoms with Gasteiger partial charge in [-0.2, -0.15) is 43.9 Å². The molecule has 0 radical (unpaired) electrons. The summed E-state index contributed by atoms with van der Waals surface area (Å²) in [6, 6.07) is -0.419. The Balaban J connectivity index is 3.68. The van der Waals surface area contributed by atoms with Crippen LogP contribution in [0.15, 0.2) is 24.3 Å². The van der Waals surface area contributed by atoms with Gasteiger partial charge in [-0.25, -0.2) is 0 Å². The first-order valence-corrected chi connectivity index (χ1v) is 6.24. The van der Waals surface area contributed by atoms with Crippen molar-refractivity contribution in [1.82, 2.24) is 0 Å². The summed E-state index contributed by atoms with van der Waals surface area (Å²) in [4.78, 5) is 10.8. The van der Waals surface area contributed by atoms with Crippen LogP contribution in [0.25, 0.3) is 6.08 Å². The predicted molar refractivity (Wildman–Crippen MR) is 66.1 cm³/mol. The molecule has 0 unspecified atom stereocenters. The van der Waals surface area contributed by atoms with Gasteiger partial charge in [0, 0.05) is 11.1 Å². The van der Waals surface area contributed by atoms with E-state index in [0.717, 1.165) is 6.92 Å². The van der Waals surface area contributed by atoms with Gasteiger partial charge in [0.1, 0.15) is 0 Å². The SMILES string of the molecule is CC(=O)C=Cc1cc(C(F)(F)C(F)(F)F)cc(C(F)(F)C(F)(F)F)c1. The number of carbonyl (C=O) groups is 1. The Bertz CT molecular complexity index is 638. The van der Waals surface area contributed by atoms with Crippen LogP contribution in [0.2, 0.25) is 0 Å². The van der Waals surface area contributed by atoms with Gasteiger partial charge in [0.2, 0.25) is 0 Å². The van der Waals surface area contributed by atoms with Crippen LogP contribution in [0, 0.1) is 0 Å². The maximum absolute atomic E-state index is 13.4. The molecule has 1 aromatic rings. The van der Waals surface area contributed by atoms with E-state index in [1.807, 2.05) is 0 Å². The van der Waals surface area contributed by atoms with Crippen molar-refractivity contribution >= 4 is 11.9 Å². The fourth-order valence-electron chi connectivity index (χ4n) is 1.65. The molecule has 140 valence electrons. The van der Waals surface area contributed by atoms with Gasteiger partial charge < -0.3 is 0 Å². The molecule has 0 atom stereocenters. The summed E-state index contributed by atoms with van der Waals surface area (Å²) >= 11 is 0. The van der Waals surface area contributed by atoms with E-state index in [1.54, 1.807) is 0 Å². The molecule has 0 aromatic heterocycles. The Labute approximate surface area is 133 Å². The van der Waals surface area contributed by atoms with E-state index in [-0.39, 0.29) is 12.1 Å². The minimum absolute atomic E-state index is 0.0723. The Morgan fingerprint density at radius 3 is 1.40 bits per heavy atom. The summed E-state index contributed by atoms with van der Waals surface area (Å²) in [6.45, 7) is 0.940. The zero-order valence-corrected chi connectivity index (χ0v) is 12.1. The standard InChI is InChI=1S/C14H8F10O/c1-7(25)2-3-8-4-9(11(15,16)13(19,20)21)6-10(5-8)12(17,18)14(22,23)24/h2-6H,1H3. The van der Waals surface area contributed by atoms with Gasteiger partial charge in [0.25, 0.3) is 0 Å². The number of carbonyl (C=O) groups excluding carboxylic acids is 1. The summed E-state index contributed by atoms with van der Waals surface area (Å²) < 4.78 is 128. The molecule has 0 aliphatic carbocycles. The second-order valence-corrected chi connectivity index (χ2v) is 4.93. The lowest BCUT2D eigenvalue weighted by Crippen LogP contribution is -2.36. The Kier molecular flexibility index (Phi) is 5.32. The van der Waals surface area contributed by atoms with Crippen LogP contribution in [-0.4, -0.2) is 18.1 Å². The maximum atomic E-state index is 13.4. The largest absolute Gasteiger partial charge is 0.458 e. The number of hydrogen-bond acceptors (Lipinski definition) is 1. The second-order valence-electron chi connectivity index (χ2n) is 4.93. The first-order chi connectivity index (χ1) is 11.0. The topological polar surface area (TPSA) is 17.1 Å². The molecule has 11 heteroatoms. The van der Waals surface area contributed by atoms with Crippen LogP contribution in [0.4, 0.5) is 43.9 Å². The van der Waals surface area contributed by atoms with Crippen molar-refractivity contribution < 1.29 is 48.7 Å². The summed E-state index contributed by atoms with van der Waals surface area (Å²) in [7, 11) is 0. The monoisotopic (exact) mass is 382 g/mol. The number of benzene rings is 1. The first-order valence-electron chi connectivity index (χ1n) is 6.24. The summed E-state index contributed by atoms with van der Waals surface area (Å²) in [5, 5.41) is 0. The lowest BCUT2D eigenvalue weighted by atomic mass is 9.97. The van der Waals surface area contributed by atoms with E-state index in [0.29, 0.717) is 12.2 Å². The number of halogens is 10. The van der Waals surface area contributed by atoms with Crippen LogP contribution in [0.5, 0.6) is 0 Å². The molecule has 0 saturated heterocycles. The molecule has 0 heterocycles. The van der Waals surface area contributed by atoms with E-state index in [2.05, 4.69) is 0 Å². The third kappa shape index (κ3) is 4.31. The third-order valence-corrected chi connectivity index (χ3v) is 2.90. The molecule has 1 aromatic carbocycles. The van der Waals surface area contributed by atoms with E-state index < -0.39 is 52.7 Å². The molecule has 0 saturated carbocycles. The van der Waals surface area contributed by atoms with Gasteiger partial charge >= 0.3 is 24.2 Å². The normalized spacial score (nSPS) is 14.2. The molecular formula is C14H8F10O. The zero-order valence-electron chi connectivity index (χ0n) is 12.1. The Morgan fingerprint density at radius 1 is 0.760 bits per heavy atom. The average Bonchev–Trinajstić information content (AvgIpc) is 2.42. The molecule has 1 rings (SSSR count). The van der Waals surface area contributed by atoms with Crippen molar-refractivity contribution in [2.75, 3.05) is 0 Å². The van der Waals surface area contributed by atoms with Gasteiger partial charge in [-0.3, -0.25) is 4.79 Å². The van der Waals surface area contributed by atoms with Crippen molar-refractivity contribution in [2.45, 2.75) is 31.1 Å². The highest BCUT2D eigenvalue weighted by atomic mass is 19.4. The van der Waals surface area contributed by atoms with Gasteiger partial charge in [0.15, 0.2) is 5.78 Å². The molecule has 0 fully saturated rings. The quantitative estimate of drug-likeness (QED) is 0.490. The molecule has 25 heavy (non-hydrogen) atoms. The van der Waals surface area contributed by atoms with Crippen LogP contribution < -0.4 is 0 Å². The highest BCUT2D eigenvalue weighted by Gasteiger charge is 2.61. The molecule has 0 aliphatic rings. The number of rotatable bonds is 4. The fourth-order valence-corrected chi connectivity index (χ4v) is 1.65. The van der Waals surface area contributed by atoms with E-state index >= 15 is 0 Å². The van der Waals surface area contributed by atoms with E-state index in [9.17, 15) is 48.7 Å². The number of alkyl halides is 10. The lowest BCUT2D eigenvalue weighted by Gasteiger charge is -2.24. The smallest absolute Gasteiger partial charge is 0.295 e. The number of hydrogen-bond donors (Lipinski definition) is 0. The molecule has 0 N–H and O–H groups in total. The minimum Gasteiger partial charge on any atom is -0.295 e. The molecule has 0 amide bonds.